The Balaban J connectivity index is 2.00. The first-order chi connectivity index (χ1) is 8.40. The summed E-state index contributed by atoms with van der Waals surface area (Å²) >= 11 is 0. The zero-order valence-corrected chi connectivity index (χ0v) is 10.5. The summed E-state index contributed by atoms with van der Waals surface area (Å²) < 4.78 is 5.47. The molecule has 94 valence electrons. The molecule has 17 heavy (non-hydrogen) atoms. The third-order valence-electron chi connectivity index (χ3n) is 3.04. The lowest BCUT2D eigenvalue weighted by atomic mass is 10.2. The van der Waals surface area contributed by atoms with Gasteiger partial charge in [-0.25, -0.2) is 0 Å². The second-order valence-corrected chi connectivity index (χ2v) is 4.38. The first-order valence-corrected chi connectivity index (χ1v) is 6.27. The molecule has 1 aromatic rings. The fraction of sp³-hybridized carbons (Fsp3) is 0.615. The summed E-state index contributed by atoms with van der Waals surface area (Å²) in [6.45, 7) is 5.66. The van der Waals surface area contributed by atoms with Gasteiger partial charge in [0.15, 0.2) is 0 Å². The first-order valence-electron chi connectivity index (χ1n) is 6.27. The van der Waals surface area contributed by atoms with Crippen molar-refractivity contribution in [2.45, 2.75) is 19.5 Å². The number of nitrogens with zero attached hydrogens (tertiary/aromatic N) is 2. The average molecular weight is 235 g/mol. The normalized spacial score (nSPS) is 17.9. The lowest BCUT2D eigenvalue weighted by Crippen LogP contribution is -2.27. The van der Waals surface area contributed by atoms with Gasteiger partial charge in [-0.3, -0.25) is 9.88 Å². The van der Waals surface area contributed by atoms with E-state index in [1.165, 1.54) is 11.3 Å². The minimum Gasteiger partial charge on any atom is -0.380 e. The fourth-order valence-electron chi connectivity index (χ4n) is 2.13. The number of rotatable bonds is 4. The molecule has 1 fully saturated rings. The van der Waals surface area contributed by atoms with Gasteiger partial charge in [-0.05, 0) is 25.1 Å². The Morgan fingerprint density at radius 3 is 3.24 bits per heavy atom. The monoisotopic (exact) mass is 235 g/mol. The quantitative estimate of drug-likeness (QED) is 0.845. The van der Waals surface area contributed by atoms with Crippen LogP contribution in [0.2, 0.25) is 0 Å². The van der Waals surface area contributed by atoms with Crippen LogP contribution in [0.25, 0.3) is 0 Å². The maximum Gasteiger partial charge on any atom is 0.0593 e. The maximum absolute atomic E-state index is 5.47. The topological polar surface area (TPSA) is 37.4 Å². The predicted octanol–water partition coefficient (Wildman–Crippen LogP) is 1.02. The van der Waals surface area contributed by atoms with Gasteiger partial charge >= 0.3 is 0 Å². The molecule has 0 atom stereocenters. The van der Waals surface area contributed by atoms with Crippen molar-refractivity contribution in [1.82, 2.24) is 15.2 Å². The van der Waals surface area contributed by atoms with Crippen LogP contribution in [0.3, 0.4) is 0 Å². The number of aromatic nitrogens is 1. The second-order valence-electron chi connectivity index (χ2n) is 4.38. The maximum atomic E-state index is 5.47. The van der Waals surface area contributed by atoms with Crippen molar-refractivity contribution in [1.29, 1.82) is 0 Å². The van der Waals surface area contributed by atoms with Crippen molar-refractivity contribution in [3.63, 3.8) is 0 Å². The molecular weight excluding hydrogens is 214 g/mol. The average Bonchev–Trinajstić information content (AvgIpc) is 2.61. The molecule has 1 aliphatic rings. The minimum absolute atomic E-state index is 0.841. The third-order valence-corrected chi connectivity index (χ3v) is 3.04. The summed E-state index contributed by atoms with van der Waals surface area (Å²) in [5.74, 6) is 0. The van der Waals surface area contributed by atoms with Crippen LogP contribution in [0.15, 0.2) is 18.3 Å². The second kappa shape index (κ2) is 6.69. The molecule has 1 aliphatic heterocycles. The van der Waals surface area contributed by atoms with Crippen LogP contribution in [0.1, 0.15) is 17.7 Å². The Hall–Kier alpha value is -0.970. The fourth-order valence-corrected chi connectivity index (χ4v) is 2.13. The van der Waals surface area contributed by atoms with Crippen molar-refractivity contribution in [3.05, 3.63) is 29.6 Å². The van der Waals surface area contributed by atoms with Gasteiger partial charge in [0.2, 0.25) is 0 Å². The molecule has 0 radical (unpaired) electrons. The highest BCUT2D eigenvalue weighted by Gasteiger charge is 2.12. The van der Waals surface area contributed by atoms with Crippen LogP contribution in [0.5, 0.6) is 0 Å². The third kappa shape index (κ3) is 3.77. The van der Waals surface area contributed by atoms with E-state index in [1.54, 1.807) is 0 Å². The summed E-state index contributed by atoms with van der Waals surface area (Å²) in [5.41, 5.74) is 2.48. The van der Waals surface area contributed by atoms with E-state index >= 15 is 0 Å². The van der Waals surface area contributed by atoms with E-state index in [-0.39, 0.29) is 0 Å². The summed E-state index contributed by atoms with van der Waals surface area (Å²) in [7, 11) is 1.97. The Labute approximate surface area is 103 Å². The minimum atomic E-state index is 0.841. The highest BCUT2D eigenvalue weighted by atomic mass is 16.5. The molecule has 0 bridgehead atoms. The van der Waals surface area contributed by atoms with Crippen LogP contribution in [0, 0.1) is 0 Å². The first kappa shape index (κ1) is 12.5. The molecule has 0 amide bonds. The van der Waals surface area contributed by atoms with Gasteiger partial charge in [-0.1, -0.05) is 6.07 Å². The van der Waals surface area contributed by atoms with Gasteiger partial charge in [-0.2, -0.15) is 0 Å². The van der Waals surface area contributed by atoms with Crippen molar-refractivity contribution in [2.24, 2.45) is 0 Å². The standard InChI is InChI=1S/C13H21N3O/c1-14-10-12-4-2-5-15-13(12)11-16-6-3-8-17-9-7-16/h2,4-5,14H,3,6-11H2,1H3. The van der Waals surface area contributed by atoms with Crippen molar-refractivity contribution < 1.29 is 4.74 Å². The number of hydrogen-bond acceptors (Lipinski definition) is 4. The number of hydrogen-bond donors (Lipinski definition) is 1. The molecule has 1 aromatic heterocycles. The molecule has 1 N–H and O–H groups in total. The Morgan fingerprint density at radius 1 is 1.41 bits per heavy atom. The number of pyridine rings is 1. The van der Waals surface area contributed by atoms with Gasteiger partial charge < -0.3 is 10.1 Å². The van der Waals surface area contributed by atoms with Crippen molar-refractivity contribution in [2.75, 3.05) is 33.4 Å². The van der Waals surface area contributed by atoms with Crippen LogP contribution in [0.4, 0.5) is 0 Å². The van der Waals surface area contributed by atoms with E-state index in [4.69, 9.17) is 4.74 Å². The zero-order valence-electron chi connectivity index (χ0n) is 10.5. The van der Waals surface area contributed by atoms with Crippen molar-refractivity contribution >= 4 is 0 Å². The molecular formula is C13H21N3O. The van der Waals surface area contributed by atoms with Crippen LogP contribution >= 0.6 is 0 Å². The van der Waals surface area contributed by atoms with E-state index in [2.05, 4.69) is 21.3 Å². The molecule has 1 saturated heterocycles. The van der Waals surface area contributed by atoms with E-state index in [1.807, 2.05) is 19.3 Å². The van der Waals surface area contributed by atoms with E-state index in [0.29, 0.717) is 0 Å². The lowest BCUT2D eigenvalue weighted by Gasteiger charge is -2.20. The van der Waals surface area contributed by atoms with Gasteiger partial charge in [0.1, 0.15) is 0 Å². The summed E-state index contributed by atoms with van der Waals surface area (Å²) in [5, 5.41) is 3.19. The highest BCUT2D eigenvalue weighted by Crippen LogP contribution is 2.10. The Morgan fingerprint density at radius 2 is 2.35 bits per heavy atom. The molecule has 0 spiro atoms. The smallest absolute Gasteiger partial charge is 0.0593 e. The highest BCUT2D eigenvalue weighted by molar-refractivity contribution is 5.19. The number of nitrogens with one attached hydrogen (secondary N) is 1. The molecule has 2 rings (SSSR count). The predicted molar refractivity (Wildman–Crippen MR) is 67.7 cm³/mol. The SMILES string of the molecule is CNCc1cccnc1CN1CCCOCC1. The summed E-state index contributed by atoms with van der Waals surface area (Å²) in [6.07, 6.45) is 3.00. The van der Waals surface area contributed by atoms with Crippen LogP contribution in [-0.2, 0) is 17.8 Å². The van der Waals surface area contributed by atoms with E-state index < -0.39 is 0 Å². The Kier molecular flexibility index (Phi) is 4.91. The van der Waals surface area contributed by atoms with Gasteiger partial charge in [0, 0.05) is 39.0 Å². The largest absolute Gasteiger partial charge is 0.380 e. The van der Waals surface area contributed by atoms with Gasteiger partial charge in [-0.15, -0.1) is 0 Å². The Bertz CT molecular complexity index is 335. The zero-order chi connectivity index (χ0) is 11.9. The number of ether oxygens (including phenoxy) is 1. The molecule has 2 heterocycles. The lowest BCUT2D eigenvalue weighted by molar-refractivity contribution is 0.140. The molecule has 0 aliphatic carbocycles. The van der Waals surface area contributed by atoms with Gasteiger partial charge in [0.25, 0.3) is 0 Å². The molecule has 0 saturated carbocycles. The summed E-state index contributed by atoms with van der Waals surface area (Å²) in [4.78, 5) is 6.92. The van der Waals surface area contributed by atoms with Crippen LogP contribution in [-0.4, -0.2) is 43.2 Å². The molecule has 0 unspecified atom stereocenters. The van der Waals surface area contributed by atoms with E-state index in [9.17, 15) is 0 Å². The van der Waals surface area contributed by atoms with Crippen LogP contribution < -0.4 is 5.32 Å². The van der Waals surface area contributed by atoms with E-state index in [0.717, 1.165) is 45.8 Å². The molecule has 0 aromatic carbocycles. The molecule has 4 nitrogen and oxygen atoms in total. The summed E-state index contributed by atoms with van der Waals surface area (Å²) in [6, 6.07) is 4.15. The van der Waals surface area contributed by atoms with Gasteiger partial charge in [0.05, 0.1) is 12.3 Å². The van der Waals surface area contributed by atoms with Crippen molar-refractivity contribution in [3.8, 4) is 0 Å². The molecule has 4 heteroatoms.